The third kappa shape index (κ3) is 4.96. The Morgan fingerprint density at radius 1 is 1.09 bits per heavy atom. The van der Waals surface area contributed by atoms with Gasteiger partial charge in [0.1, 0.15) is 5.56 Å². The molecule has 0 radical (unpaired) electrons. The molecule has 0 spiro atoms. The molecule has 0 saturated carbocycles. The molecule has 0 bridgehead atoms. The lowest BCUT2D eigenvalue weighted by molar-refractivity contribution is 0.0575. The Balaban J connectivity index is 1.38. The molecule has 3 aliphatic rings. The molecule has 1 N–H and O–H groups in total. The van der Waals surface area contributed by atoms with Crippen LogP contribution in [0.5, 0.6) is 11.5 Å². The van der Waals surface area contributed by atoms with Crippen LogP contribution in [0.2, 0.25) is 0 Å². The van der Waals surface area contributed by atoms with E-state index < -0.39 is 0 Å². The van der Waals surface area contributed by atoms with Gasteiger partial charge in [0.2, 0.25) is 6.79 Å². The lowest BCUT2D eigenvalue weighted by Gasteiger charge is -2.44. The van der Waals surface area contributed by atoms with Gasteiger partial charge in [-0.05, 0) is 75.7 Å². The average Bonchev–Trinajstić information content (AvgIpc) is 3.33. The van der Waals surface area contributed by atoms with Crippen molar-refractivity contribution in [2.45, 2.75) is 71.4 Å². The van der Waals surface area contributed by atoms with Crippen molar-refractivity contribution in [2.24, 2.45) is 5.92 Å². The number of aryl methyl sites for hydroxylation is 1. The molecule has 2 saturated heterocycles. The fraction of sp³-hybridized carbons (Fsp3) is 0.571. The van der Waals surface area contributed by atoms with Gasteiger partial charge in [-0.2, -0.15) is 0 Å². The lowest BCUT2D eigenvalue weighted by atomic mass is 9.83. The number of hydrogen-bond acceptors (Lipinski definition) is 5. The van der Waals surface area contributed by atoms with Gasteiger partial charge in [0, 0.05) is 36.6 Å². The predicted molar refractivity (Wildman–Crippen MR) is 135 cm³/mol. The number of aromatic nitrogens is 1. The van der Waals surface area contributed by atoms with Crippen molar-refractivity contribution in [1.82, 2.24) is 14.8 Å². The molecule has 5 rings (SSSR count). The minimum Gasteiger partial charge on any atom is -0.454 e. The van der Waals surface area contributed by atoms with E-state index in [9.17, 15) is 9.59 Å². The molecule has 35 heavy (non-hydrogen) atoms. The molecule has 1 amide bonds. The van der Waals surface area contributed by atoms with Gasteiger partial charge in [-0.25, -0.2) is 0 Å². The Morgan fingerprint density at radius 3 is 2.77 bits per heavy atom. The number of nitrogens with zero attached hydrogens (tertiary/aromatic N) is 2. The predicted octanol–water partition coefficient (Wildman–Crippen LogP) is 3.88. The highest BCUT2D eigenvalue weighted by Gasteiger charge is 2.33. The van der Waals surface area contributed by atoms with Crippen molar-refractivity contribution in [3.05, 3.63) is 57.0 Å². The number of carbonyl (C=O) groups excluding carboxylic acids is 1. The van der Waals surface area contributed by atoms with E-state index in [4.69, 9.17) is 9.47 Å². The second kappa shape index (κ2) is 10.4. The minimum absolute atomic E-state index is 0.187. The molecule has 1 aromatic heterocycles. The van der Waals surface area contributed by atoms with E-state index in [1.54, 1.807) is 6.07 Å². The standard InChI is InChI=1S/C28H37N3O4/c1-3-7-23-27(28(33)29-16-21-8-6-13-30-12-5-4-9-22(21)30)24(32)14-19(2)31(23)17-20-10-11-25-26(15-20)35-18-34-25/h10-11,14-15,21-22H,3-9,12-13,16-18H2,1-2H3,(H,29,33)/t21-,22+/m0/s1. The average molecular weight is 480 g/mol. The van der Waals surface area contributed by atoms with Gasteiger partial charge in [0.25, 0.3) is 5.91 Å². The lowest BCUT2D eigenvalue weighted by Crippen LogP contribution is -2.51. The van der Waals surface area contributed by atoms with E-state index in [2.05, 4.69) is 21.7 Å². The summed E-state index contributed by atoms with van der Waals surface area (Å²) in [5, 5.41) is 3.17. The number of amides is 1. The highest BCUT2D eigenvalue weighted by Crippen LogP contribution is 2.33. The molecule has 0 unspecified atom stereocenters. The fourth-order valence-electron chi connectivity index (χ4n) is 6.14. The second-order valence-electron chi connectivity index (χ2n) is 10.2. The van der Waals surface area contributed by atoms with Crippen molar-refractivity contribution in [3.8, 4) is 11.5 Å². The maximum atomic E-state index is 13.5. The summed E-state index contributed by atoms with van der Waals surface area (Å²) in [5.41, 5.74) is 2.83. The zero-order valence-electron chi connectivity index (χ0n) is 21.0. The number of ether oxygens (including phenoxy) is 2. The first-order chi connectivity index (χ1) is 17.0. The van der Waals surface area contributed by atoms with Crippen LogP contribution in [0.15, 0.2) is 29.1 Å². The molecule has 2 atom stereocenters. The molecular weight excluding hydrogens is 442 g/mol. The summed E-state index contributed by atoms with van der Waals surface area (Å²) < 4.78 is 13.1. The third-order valence-corrected chi connectivity index (χ3v) is 7.87. The minimum atomic E-state index is -0.231. The quantitative estimate of drug-likeness (QED) is 0.653. The van der Waals surface area contributed by atoms with Crippen molar-refractivity contribution in [3.63, 3.8) is 0 Å². The van der Waals surface area contributed by atoms with Crippen LogP contribution in [0, 0.1) is 12.8 Å². The first kappa shape index (κ1) is 23.9. The number of pyridine rings is 1. The van der Waals surface area contributed by atoms with Gasteiger partial charge in [-0.15, -0.1) is 0 Å². The Kier molecular flexibility index (Phi) is 7.14. The van der Waals surface area contributed by atoms with Crippen LogP contribution in [0.3, 0.4) is 0 Å². The summed E-state index contributed by atoms with van der Waals surface area (Å²) in [5.74, 6) is 1.72. The fourth-order valence-corrected chi connectivity index (χ4v) is 6.14. The molecule has 0 aliphatic carbocycles. The van der Waals surface area contributed by atoms with Crippen molar-refractivity contribution < 1.29 is 14.3 Å². The summed E-state index contributed by atoms with van der Waals surface area (Å²) in [4.78, 5) is 29.2. The van der Waals surface area contributed by atoms with Crippen LogP contribution in [-0.4, -0.2) is 47.8 Å². The van der Waals surface area contributed by atoms with Crippen LogP contribution >= 0.6 is 0 Å². The largest absolute Gasteiger partial charge is 0.454 e. The summed E-state index contributed by atoms with van der Waals surface area (Å²) >= 11 is 0. The number of benzene rings is 1. The van der Waals surface area contributed by atoms with Gasteiger partial charge < -0.3 is 24.3 Å². The van der Waals surface area contributed by atoms with Crippen LogP contribution in [0.4, 0.5) is 0 Å². The van der Waals surface area contributed by atoms with Gasteiger partial charge in [0.15, 0.2) is 16.9 Å². The number of fused-ring (bicyclic) bond motifs is 2. The maximum Gasteiger partial charge on any atom is 0.257 e. The molecule has 3 aliphatic heterocycles. The van der Waals surface area contributed by atoms with E-state index in [0.29, 0.717) is 37.0 Å². The summed E-state index contributed by atoms with van der Waals surface area (Å²) in [6, 6.07) is 8.08. The molecule has 4 heterocycles. The van der Waals surface area contributed by atoms with E-state index in [1.807, 2.05) is 25.1 Å². The zero-order valence-corrected chi connectivity index (χ0v) is 21.0. The number of carbonyl (C=O) groups is 1. The van der Waals surface area contributed by atoms with Crippen LogP contribution in [0.25, 0.3) is 0 Å². The van der Waals surface area contributed by atoms with E-state index in [-0.39, 0.29) is 18.1 Å². The Hall–Kier alpha value is -2.80. The first-order valence-corrected chi connectivity index (χ1v) is 13.2. The van der Waals surface area contributed by atoms with Gasteiger partial charge >= 0.3 is 0 Å². The molecule has 7 nitrogen and oxygen atoms in total. The van der Waals surface area contributed by atoms with Crippen LogP contribution in [0.1, 0.15) is 72.8 Å². The highest BCUT2D eigenvalue weighted by atomic mass is 16.7. The van der Waals surface area contributed by atoms with Crippen molar-refractivity contribution >= 4 is 5.91 Å². The number of rotatable bonds is 7. The zero-order chi connectivity index (χ0) is 24.4. The number of hydrogen-bond donors (Lipinski definition) is 1. The number of nitrogens with one attached hydrogen (secondary N) is 1. The molecule has 2 fully saturated rings. The Labute approximate surface area is 207 Å². The topological polar surface area (TPSA) is 72.8 Å². The Bertz CT molecular complexity index is 1140. The van der Waals surface area contributed by atoms with E-state index in [1.165, 1.54) is 38.8 Å². The van der Waals surface area contributed by atoms with Crippen molar-refractivity contribution in [2.75, 3.05) is 26.4 Å². The maximum absolute atomic E-state index is 13.5. The molecule has 188 valence electrons. The second-order valence-corrected chi connectivity index (χ2v) is 10.2. The normalized spacial score (nSPS) is 21.5. The van der Waals surface area contributed by atoms with Crippen LogP contribution < -0.4 is 20.2 Å². The summed E-state index contributed by atoms with van der Waals surface area (Å²) in [7, 11) is 0. The van der Waals surface area contributed by atoms with Gasteiger partial charge in [-0.3, -0.25) is 9.59 Å². The summed E-state index contributed by atoms with van der Waals surface area (Å²) in [6.45, 7) is 7.82. The highest BCUT2D eigenvalue weighted by molar-refractivity contribution is 5.95. The molecular formula is C28H37N3O4. The van der Waals surface area contributed by atoms with Crippen molar-refractivity contribution in [1.29, 1.82) is 0 Å². The third-order valence-electron chi connectivity index (χ3n) is 7.87. The SMILES string of the molecule is CCCc1c(C(=O)NC[C@@H]2CCCN3CCCC[C@H]23)c(=O)cc(C)n1Cc1ccc2c(c1)OCO2. The summed E-state index contributed by atoms with van der Waals surface area (Å²) in [6.07, 6.45) is 7.62. The number of piperidine rings is 2. The monoisotopic (exact) mass is 479 g/mol. The smallest absolute Gasteiger partial charge is 0.257 e. The van der Waals surface area contributed by atoms with E-state index >= 15 is 0 Å². The molecule has 2 aromatic rings. The van der Waals surface area contributed by atoms with Gasteiger partial charge in [-0.1, -0.05) is 25.8 Å². The van der Waals surface area contributed by atoms with Crippen LogP contribution in [-0.2, 0) is 13.0 Å². The Morgan fingerprint density at radius 2 is 1.91 bits per heavy atom. The van der Waals surface area contributed by atoms with E-state index in [0.717, 1.165) is 41.3 Å². The molecule has 7 heteroatoms. The first-order valence-electron chi connectivity index (χ1n) is 13.2. The van der Waals surface area contributed by atoms with Gasteiger partial charge in [0.05, 0.1) is 0 Å². The molecule has 1 aromatic carbocycles.